The number of anilines is 1. The van der Waals surface area contributed by atoms with E-state index in [9.17, 15) is 13.2 Å². The molecule has 1 rings (SSSR count). The van der Waals surface area contributed by atoms with E-state index in [2.05, 4.69) is 5.32 Å². The lowest BCUT2D eigenvalue weighted by molar-refractivity contribution is -0.124. The first-order chi connectivity index (χ1) is 8.58. The van der Waals surface area contributed by atoms with Crippen LogP contribution in [0, 0.1) is 12.3 Å². The third-order valence-corrected chi connectivity index (χ3v) is 4.31. The average Bonchev–Trinajstić information content (AvgIpc) is 2.27. The van der Waals surface area contributed by atoms with Gasteiger partial charge in [0.1, 0.15) is 0 Å². The van der Waals surface area contributed by atoms with Crippen LogP contribution in [0.5, 0.6) is 0 Å². The minimum atomic E-state index is -3.72. The highest BCUT2D eigenvalue weighted by atomic mass is 32.2. The van der Waals surface area contributed by atoms with Crippen LogP contribution >= 0.6 is 0 Å². The van der Waals surface area contributed by atoms with E-state index in [4.69, 9.17) is 5.14 Å². The number of amides is 1. The SMILES string of the molecule is CCC(C)(C)C(=O)Nc1ccc(S(N)(=O)=O)c(C)c1. The molecule has 1 amide bonds. The molecule has 19 heavy (non-hydrogen) atoms. The van der Waals surface area contributed by atoms with Crippen molar-refractivity contribution in [2.75, 3.05) is 5.32 Å². The van der Waals surface area contributed by atoms with Crippen LogP contribution in [0.15, 0.2) is 23.1 Å². The van der Waals surface area contributed by atoms with E-state index in [0.717, 1.165) is 0 Å². The number of sulfonamides is 1. The summed E-state index contributed by atoms with van der Waals surface area (Å²) in [5, 5.41) is 7.86. The van der Waals surface area contributed by atoms with Gasteiger partial charge < -0.3 is 5.32 Å². The molecule has 5 nitrogen and oxygen atoms in total. The quantitative estimate of drug-likeness (QED) is 0.886. The zero-order valence-corrected chi connectivity index (χ0v) is 12.5. The first-order valence-corrected chi connectivity index (χ1v) is 7.57. The monoisotopic (exact) mass is 284 g/mol. The van der Waals surface area contributed by atoms with Gasteiger partial charge in [-0.05, 0) is 37.1 Å². The third kappa shape index (κ3) is 3.78. The molecule has 106 valence electrons. The van der Waals surface area contributed by atoms with Gasteiger partial charge in [-0.15, -0.1) is 0 Å². The molecule has 0 aliphatic carbocycles. The van der Waals surface area contributed by atoms with Crippen LogP contribution in [-0.2, 0) is 14.8 Å². The fourth-order valence-electron chi connectivity index (χ4n) is 1.51. The summed E-state index contributed by atoms with van der Waals surface area (Å²) in [6, 6.07) is 4.54. The van der Waals surface area contributed by atoms with E-state index in [1.54, 1.807) is 13.0 Å². The molecule has 0 aromatic heterocycles. The van der Waals surface area contributed by atoms with Crippen molar-refractivity contribution in [3.8, 4) is 0 Å². The number of nitrogens with one attached hydrogen (secondary N) is 1. The van der Waals surface area contributed by atoms with Crippen molar-refractivity contribution in [3.05, 3.63) is 23.8 Å². The molecule has 0 atom stereocenters. The highest BCUT2D eigenvalue weighted by Gasteiger charge is 2.25. The lowest BCUT2D eigenvalue weighted by atomic mass is 9.89. The van der Waals surface area contributed by atoms with E-state index >= 15 is 0 Å². The summed E-state index contributed by atoms with van der Waals surface area (Å²) in [5.41, 5.74) is 0.609. The van der Waals surface area contributed by atoms with Gasteiger partial charge in [-0.25, -0.2) is 13.6 Å². The number of primary sulfonamides is 1. The van der Waals surface area contributed by atoms with Crippen molar-refractivity contribution in [3.63, 3.8) is 0 Å². The van der Waals surface area contributed by atoms with Crippen LogP contribution in [-0.4, -0.2) is 14.3 Å². The van der Waals surface area contributed by atoms with Crippen LogP contribution in [0.3, 0.4) is 0 Å². The Labute approximate surface area is 114 Å². The van der Waals surface area contributed by atoms with Gasteiger partial charge >= 0.3 is 0 Å². The smallest absolute Gasteiger partial charge is 0.238 e. The molecule has 0 heterocycles. The second kappa shape index (κ2) is 5.30. The topological polar surface area (TPSA) is 89.3 Å². The molecule has 0 fully saturated rings. The van der Waals surface area contributed by atoms with Crippen LogP contribution in [0.2, 0.25) is 0 Å². The van der Waals surface area contributed by atoms with E-state index in [-0.39, 0.29) is 10.8 Å². The Balaban J connectivity index is 3.01. The Bertz CT molecular complexity index is 592. The Morgan fingerprint density at radius 2 is 1.95 bits per heavy atom. The first kappa shape index (κ1) is 15.7. The van der Waals surface area contributed by atoms with Crippen LogP contribution in [0.25, 0.3) is 0 Å². The molecule has 1 aromatic rings. The molecule has 0 radical (unpaired) electrons. The van der Waals surface area contributed by atoms with Gasteiger partial charge in [0.15, 0.2) is 0 Å². The fourth-order valence-corrected chi connectivity index (χ4v) is 2.27. The maximum absolute atomic E-state index is 12.0. The molecule has 0 unspecified atom stereocenters. The maximum atomic E-state index is 12.0. The molecule has 0 aliphatic heterocycles. The zero-order valence-electron chi connectivity index (χ0n) is 11.6. The van der Waals surface area contributed by atoms with E-state index in [0.29, 0.717) is 17.7 Å². The molecule has 0 saturated heterocycles. The second-order valence-corrected chi connectivity index (χ2v) is 6.75. The Morgan fingerprint density at radius 3 is 2.37 bits per heavy atom. The Morgan fingerprint density at radius 1 is 1.37 bits per heavy atom. The van der Waals surface area contributed by atoms with Gasteiger partial charge in [-0.2, -0.15) is 0 Å². The number of aryl methyl sites for hydroxylation is 1. The van der Waals surface area contributed by atoms with Gasteiger partial charge in [0.05, 0.1) is 4.90 Å². The lowest BCUT2D eigenvalue weighted by Crippen LogP contribution is -2.30. The Kier molecular flexibility index (Phi) is 4.37. The zero-order chi connectivity index (χ0) is 14.8. The number of nitrogens with two attached hydrogens (primary N) is 1. The molecular weight excluding hydrogens is 264 g/mol. The summed E-state index contributed by atoms with van der Waals surface area (Å²) < 4.78 is 22.6. The fraction of sp³-hybridized carbons (Fsp3) is 0.462. The van der Waals surface area contributed by atoms with E-state index in [1.807, 2.05) is 20.8 Å². The summed E-state index contributed by atoms with van der Waals surface area (Å²) in [6.45, 7) is 7.29. The molecule has 6 heteroatoms. The van der Waals surface area contributed by atoms with Crippen molar-refractivity contribution in [1.29, 1.82) is 0 Å². The predicted octanol–water partition coefficient (Wildman–Crippen LogP) is 2.02. The average molecular weight is 284 g/mol. The van der Waals surface area contributed by atoms with Crippen LogP contribution in [0.1, 0.15) is 32.8 Å². The number of carbonyl (C=O) groups excluding carboxylic acids is 1. The van der Waals surface area contributed by atoms with Crippen molar-refractivity contribution < 1.29 is 13.2 Å². The van der Waals surface area contributed by atoms with Crippen LogP contribution in [0.4, 0.5) is 5.69 Å². The van der Waals surface area contributed by atoms with Crippen molar-refractivity contribution in [2.45, 2.75) is 39.0 Å². The molecule has 3 N–H and O–H groups in total. The molecule has 1 aromatic carbocycles. The molecule has 0 saturated carbocycles. The predicted molar refractivity (Wildman–Crippen MR) is 75.3 cm³/mol. The summed E-state index contributed by atoms with van der Waals surface area (Å²) in [6.07, 6.45) is 0.715. The highest BCUT2D eigenvalue weighted by molar-refractivity contribution is 7.89. The summed E-state index contributed by atoms with van der Waals surface area (Å²) in [5.74, 6) is -0.0993. The molecule has 0 spiro atoms. The Hall–Kier alpha value is -1.40. The number of carbonyl (C=O) groups is 1. The molecule has 0 aliphatic rings. The van der Waals surface area contributed by atoms with Crippen LogP contribution < -0.4 is 10.5 Å². The first-order valence-electron chi connectivity index (χ1n) is 6.03. The highest BCUT2D eigenvalue weighted by Crippen LogP contribution is 2.24. The largest absolute Gasteiger partial charge is 0.326 e. The van der Waals surface area contributed by atoms with Crippen molar-refractivity contribution in [2.24, 2.45) is 10.6 Å². The van der Waals surface area contributed by atoms with E-state index in [1.165, 1.54) is 12.1 Å². The van der Waals surface area contributed by atoms with Gasteiger partial charge in [-0.1, -0.05) is 20.8 Å². The van der Waals surface area contributed by atoms with Gasteiger partial charge in [0.2, 0.25) is 15.9 Å². The minimum absolute atomic E-state index is 0.0697. The lowest BCUT2D eigenvalue weighted by Gasteiger charge is -2.21. The van der Waals surface area contributed by atoms with Gasteiger partial charge in [0.25, 0.3) is 0 Å². The number of benzene rings is 1. The number of hydrogen-bond donors (Lipinski definition) is 2. The summed E-state index contributed by atoms with van der Waals surface area (Å²) in [7, 11) is -3.72. The minimum Gasteiger partial charge on any atom is -0.326 e. The second-order valence-electron chi connectivity index (χ2n) is 5.22. The normalized spacial score (nSPS) is 12.3. The van der Waals surface area contributed by atoms with Crippen molar-refractivity contribution >= 4 is 21.6 Å². The standard InChI is InChI=1S/C13H20N2O3S/c1-5-13(3,4)12(16)15-10-6-7-11(9(2)8-10)19(14,17)18/h6-8H,5H2,1-4H3,(H,15,16)(H2,14,17,18). The number of hydrogen-bond acceptors (Lipinski definition) is 3. The molecular formula is C13H20N2O3S. The summed E-state index contributed by atoms with van der Waals surface area (Å²) >= 11 is 0. The van der Waals surface area contributed by atoms with E-state index < -0.39 is 15.4 Å². The maximum Gasteiger partial charge on any atom is 0.238 e. The number of rotatable bonds is 4. The third-order valence-electron chi connectivity index (χ3n) is 3.24. The van der Waals surface area contributed by atoms with Crippen molar-refractivity contribution in [1.82, 2.24) is 0 Å². The summed E-state index contributed by atoms with van der Waals surface area (Å²) in [4.78, 5) is 12.1. The van der Waals surface area contributed by atoms with Gasteiger partial charge in [-0.3, -0.25) is 4.79 Å². The van der Waals surface area contributed by atoms with Gasteiger partial charge in [0, 0.05) is 11.1 Å². The molecule has 0 bridgehead atoms.